The zero-order valence-corrected chi connectivity index (χ0v) is 16.1. The second-order valence-corrected chi connectivity index (χ2v) is 8.24. The molecule has 27 heavy (non-hydrogen) atoms. The van der Waals surface area contributed by atoms with Gasteiger partial charge in [-0.15, -0.1) is 0 Å². The highest BCUT2D eigenvalue weighted by Crippen LogP contribution is 2.39. The van der Waals surface area contributed by atoms with Crippen LogP contribution in [-0.2, 0) is 25.7 Å². The molecule has 2 unspecified atom stereocenters. The second-order valence-electron chi connectivity index (χ2n) is 8.24. The van der Waals surface area contributed by atoms with Gasteiger partial charge in [-0.1, -0.05) is 24.3 Å². The highest BCUT2D eigenvalue weighted by molar-refractivity contribution is 5.45. The van der Waals surface area contributed by atoms with Crippen LogP contribution in [0.1, 0.15) is 66.3 Å². The second kappa shape index (κ2) is 7.96. The predicted molar refractivity (Wildman–Crippen MR) is 107 cm³/mol. The van der Waals surface area contributed by atoms with Crippen LogP contribution in [0, 0.1) is 17.6 Å². The normalized spacial score (nSPS) is 21.9. The number of halogens is 2. The molecule has 2 heteroatoms. The lowest BCUT2D eigenvalue weighted by atomic mass is 9.73. The predicted octanol–water partition coefficient (Wildman–Crippen LogP) is 6.70. The van der Waals surface area contributed by atoms with Gasteiger partial charge < -0.3 is 0 Å². The van der Waals surface area contributed by atoms with E-state index >= 15 is 0 Å². The molecule has 0 aromatic heterocycles. The van der Waals surface area contributed by atoms with E-state index in [-0.39, 0.29) is 5.92 Å². The minimum Gasteiger partial charge on any atom is -0.207 e. The van der Waals surface area contributed by atoms with Crippen LogP contribution in [0.3, 0.4) is 0 Å². The summed E-state index contributed by atoms with van der Waals surface area (Å²) in [5.41, 5.74) is 6.86. The largest absolute Gasteiger partial charge is 0.207 e. The molecule has 2 aromatic carbocycles. The summed E-state index contributed by atoms with van der Waals surface area (Å²) in [6.45, 7) is 2.09. The number of hydrogen-bond donors (Lipinski definition) is 0. The molecule has 0 spiro atoms. The van der Waals surface area contributed by atoms with E-state index in [0.29, 0.717) is 0 Å². The minimum atomic E-state index is -0.467. The Labute approximate surface area is 161 Å². The van der Waals surface area contributed by atoms with Crippen LogP contribution in [0.2, 0.25) is 0 Å². The van der Waals surface area contributed by atoms with Crippen LogP contribution in [0.25, 0.3) is 0 Å². The Morgan fingerprint density at radius 3 is 2.30 bits per heavy atom. The first kappa shape index (κ1) is 18.4. The molecule has 0 amide bonds. The minimum absolute atomic E-state index is 0.220. The molecular weight excluding hydrogens is 338 g/mol. The first-order chi connectivity index (χ1) is 13.1. The van der Waals surface area contributed by atoms with Crippen molar-refractivity contribution in [3.63, 3.8) is 0 Å². The summed E-state index contributed by atoms with van der Waals surface area (Å²) in [7, 11) is 0. The average molecular weight is 366 g/mol. The lowest BCUT2D eigenvalue weighted by Crippen LogP contribution is -2.20. The molecule has 2 aromatic rings. The van der Waals surface area contributed by atoms with Crippen LogP contribution in [0.15, 0.2) is 42.5 Å². The summed E-state index contributed by atoms with van der Waals surface area (Å²) in [6.07, 6.45) is 13.5. The number of fused-ring (bicyclic) bond motifs is 3. The van der Waals surface area contributed by atoms with Crippen molar-refractivity contribution in [1.29, 1.82) is 0 Å². The Kier molecular flexibility index (Phi) is 5.43. The average Bonchev–Trinajstić information content (AvgIpc) is 2.66. The molecule has 0 bridgehead atoms. The molecule has 0 N–H and O–H groups in total. The highest BCUT2D eigenvalue weighted by atomic mass is 19.1. The smallest absolute Gasteiger partial charge is 0.126 e. The third kappa shape index (κ3) is 4.00. The number of benzene rings is 2. The monoisotopic (exact) mass is 366 g/mol. The van der Waals surface area contributed by atoms with Crippen LogP contribution < -0.4 is 0 Å². The van der Waals surface area contributed by atoms with Crippen molar-refractivity contribution < 1.29 is 8.78 Å². The molecular formula is C25H28F2. The molecule has 2 aliphatic rings. The summed E-state index contributed by atoms with van der Waals surface area (Å²) in [5, 5.41) is 0. The Hall–Kier alpha value is -1.96. The molecule has 0 saturated carbocycles. The maximum atomic E-state index is 13.6. The van der Waals surface area contributed by atoms with Crippen molar-refractivity contribution in [3.8, 4) is 0 Å². The molecule has 4 rings (SSSR count). The lowest BCUT2D eigenvalue weighted by Gasteiger charge is -2.32. The van der Waals surface area contributed by atoms with Crippen molar-refractivity contribution in [2.24, 2.45) is 5.92 Å². The van der Waals surface area contributed by atoms with Crippen molar-refractivity contribution in [2.75, 3.05) is 0 Å². The van der Waals surface area contributed by atoms with Crippen molar-refractivity contribution in [1.82, 2.24) is 0 Å². The van der Waals surface area contributed by atoms with E-state index in [1.54, 1.807) is 11.1 Å². The third-order valence-electron chi connectivity index (χ3n) is 6.48. The van der Waals surface area contributed by atoms with Gasteiger partial charge in [0.15, 0.2) is 0 Å². The van der Waals surface area contributed by atoms with Gasteiger partial charge in [0, 0.05) is 6.07 Å². The van der Waals surface area contributed by atoms with Crippen LogP contribution in [0.5, 0.6) is 0 Å². The van der Waals surface area contributed by atoms with E-state index in [9.17, 15) is 8.78 Å². The summed E-state index contributed by atoms with van der Waals surface area (Å²) < 4.78 is 27.2. The number of allylic oxidation sites excluding steroid dienone is 2. The fourth-order valence-corrected chi connectivity index (χ4v) is 5.08. The molecule has 2 aliphatic carbocycles. The van der Waals surface area contributed by atoms with Crippen molar-refractivity contribution in [3.05, 3.63) is 81.9 Å². The van der Waals surface area contributed by atoms with E-state index in [1.165, 1.54) is 55.4 Å². The Bertz CT molecular complexity index is 829. The standard InChI is InChI=1S/C25H28F2/c1-2-3-4-5-17-6-10-24-19(12-17)7-8-20-13-18(9-11-25(20)24)21-14-22(26)16-23(27)15-21/h2-3,7-8,14-18H,4-6,9-13H2,1H3. The summed E-state index contributed by atoms with van der Waals surface area (Å²) in [5.74, 6) is 0.0895. The van der Waals surface area contributed by atoms with E-state index in [1.807, 2.05) is 0 Å². The summed E-state index contributed by atoms with van der Waals surface area (Å²) in [6, 6.07) is 8.58. The lowest BCUT2D eigenvalue weighted by molar-refractivity contribution is 0.427. The van der Waals surface area contributed by atoms with Crippen LogP contribution >= 0.6 is 0 Å². The maximum absolute atomic E-state index is 13.6. The van der Waals surface area contributed by atoms with Gasteiger partial charge >= 0.3 is 0 Å². The van der Waals surface area contributed by atoms with Gasteiger partial charge in [-0.25, -0.2) is 8.78 Å². The zero-order valence-electron chi connectivity index (χ0n) is 16.1. The SMILES string of the molecule is CC=CCCC1CCc2c(ccc3c2CCC(c2cc(F)cc(F)c2)C3)C1. The molecule has 0 nitrogen and oxygen atoms in total. The van der Waals surface area contributed by atoms with Gasteiger partial charge in [-0.3, -0.25) is 0 Å². The fourth-order valence-electron chi connectivity index (χ4n) is 5.08. The van der Waals surface area contributed by atoms with Gasteiger partial charge in [0.1, 0.15) is 11.6 Å². The van der Waals surface area contributed by atoms with Crippen molar-refractivity contribution >= 4 is 0 Å². The first-order valence-electron chi connectivity index (χ1n) is 10.3. The van der Waals surface area contributed by atoms with E-state index < -0.39 is 11.6 Å². The Morgan fingerprint density at radius 1 is 0.926 bits per heavy atom. The van der Waals surface area contributed by atoms with Crippen molar-refractivity contribution in [2.45, 2.75) is 64.2 Å². The summed E-state index contributed by atoms with van der Waals surface area (Å²) >= 11 is 0. The quantitative estimate of drug-likeness (QED) is 0.528. The number of hydrogen-bond acceptors (Lipinski definition) is 0. The fraction of sp³-hybridized carbons (Fsp3) is 0.440. The Balaban J connectivity index is 1.52. The van der Waals surface area contributed by atoms with Crippen LogP contribution in [0.4, 0.5) is 8.78 Å². The highest BCUT2D eigenvalue weighted by Gasteiger charge is 2.27. The zero-order chi connectivity index (χ0) is 18.8. The molecule has 0 heterocycles. The van der Waals surface area contributed by atoms with Crippen LogP contribution in [-0.4, -0.2) is 0 Å². The molecule has 2 atom stereocenters. The Morgan fingerprint density at radius 2 is 1.59 bits per heavy atom. The van der Waals surface area contributed by atoms with Gasteiger partial charge in [-0.05, 0) is 110 Å². The van der Waals surface area contributed by atoms with E-state index in [4.69, 9.17) is 0 Å². The topological polar surface area (TPSA) is 0 Å². The molecule has 0 fully saturated rings. The first-order valence-corrected chi connectivity index (χ1v) is 10.3. The maximum Gasteiger partial charge on any atom is 0.126 e. The van der Waals surface area contributed by atoms with Gasteiger partial charge in [0.2, 0.25) is 0 Å². The third-order valence-corrected chi connectivity index (χ3v) is 6.48. The van der Waals surface area contributed by atoms with Gasteiger partial charge in [0.05, 0.1) is 0 Å². The van der Waals surface area contributed by atoms with Gasteiger partial charge in [-0.2, -0.15) is 0 Å². The summed E-state index contributed by atoms with van der Waals surface area (Å²) in [4.78, 5) is 0. The number of rotatable bonds is 4. The molecule has 142 valence electrons. The molecule has 0 radical (unpaired) electrons. The van der Waals surface area contributed by atoms with Gasteiger partial charge in [0.25, 0.3) is 0 Å². The molecule has 0 saturated heterocycles. The molecule has 0 aliphatic heterocycles. The van der Waals surface area contributed by atoms with E-state index in [0.717, 1.165) is 36.8 Å². The van der Waals surface area contributed by atoms with E-state index in [2.05, 4.69) is 31.2 Å².